The van der Waals surface area contributed by atoms with Crippen molar-refractivity contribution in [2.24, 2.45) is 0 Å². The summed E-state index contributed by atoms with van der Waals surface area (Å²) in [6.45, 7) is 3.59. The van der Waals surface area contributed by atoms with Gasteiger partial charge >= 0.3 is 0 Å². The molecule has 1 atom stereocenters. The molecule has 0 unspecified atom stereocenters. The van der Waals surface area contributed by atoms with E-state index in [0.29, 0.717) is 6.54 Å². The van der Waals surface area contributed by atoms with Gasteiger partial charge in [0.2, 0.25) is 0 Å². The van der Waals surface area contributed by atoms with Crippen molar-refractivity contribution in [3.8, 4) is 5.75 Å². The van der Waals surface area contributed by atoms with E-state index in [1.165, 1.54) is 0 Å². The molecule has 3 nitrogen and oxygen atoms in total. The molecule has 0 bridgehead atoms. The monoisotopic (exact) mass is 209 g/mol. The Hall–Kier alpha value is -1.06. The third kappa shape index (κ3) is 4.32. The molecule has 1 aromatic carbocycles. The minimum Gasteiger partial charge on any atom is -0.508 e. The first-order chi connectivity index (χ1) is 7.24. The second-order valence-corrected chi connectivity index (χ2v) is 3.67. The largest absolute Gasteiger partial charge is 0.508 e. The third-order valence-electron chi connectivity index (χ3n) is 2.30. The Labute approximate surface area is 90.8 Å². The number of aliphatic hydroxyl groups is 1. The Bertz CT molecular complexity index is 289. The van der Waals surface area contributed by atoms with Crippen LogP contribution in [0.1, 0.15) is 31.4 Å². The van der Waals surface area contributed by atoms with Crippen molar-refractivity contribution in [1.82, 2.24) is 5.32 Å². The lowest BCUT2D eigenvalue weighted by atomic mass is 10.1. The SMILES string of the molecule is CCCCNC[C@@H](O)c1cccc(O)c1. The van der Waals surface area contributed by atoms with E-state index >= 15 is 0 Å². The number of phenolic OH excluding ortho intramolecular Hbond substituents is 1. The van der Waals surface area contributed by atoms with E-state index in [9.17, 15) is 10.2 Å². The Kier molecular flexibility index (Phi) is 5.15. The van der Waals surface area contributed by atoms with E-state index in [4.69, 9.17) is 0 Å². The lowest BCUT2D eigenvalue weighted by Crippen LogP contribution is -2.22. The molecule has 0 heterocycles. The van der Waals surface area contributed by atoms with Crippen molar-refractivity contribution in [2.45, 2.75) is 25.9 Å². The highest BCUT2D eigenvalue weighted by atomic mass is 16.3. The van der Waals surface area contributed by atoms with Gasteiger partial charge in [-0.05, 0) is 30.7 Å². The molecule has 1 rings (SSSR count). The average molecular weight is 209 g/mol. The highest BCUT2D eigenvalue weighted by molar-refractivity contribution is 5.28. The summed E-state index contributed by atoms with van der Waals surface area (Å²) in [6.07, 6.45) is 1.72. The van der Waals surface area contributed by atoms with Gasteiger partial charge in [-0.3, -0.25) is 0 Å². The average Bonchev–Trinajstić information content (AvgIpc) is 2.24. The Morgan fingerprint density at radius 3 is 2.87 bits per heavy atom. The molecule has 0 amide bonds. The fourth-order valence-corrected chi connectivity index (χ4v) is 1.39. The minimum absolute atomic E-state index is 0.195. The maximum Gasteiger partial charge on any atom is 0.115 e. The maximum absolute atomic E-state index is 9.77. The fourth-order valence-electron chi connectivity index (χ4n) is 1.39. The lowest BCUT2D eigenvalue weighted by molar-refractivity contribution is 0.174. The summed E-state index contributed by atoms with van der Waals surface area (Å²) in [7, 11) is 0. The van der Waals surface area contributed by atoms with Crippen molar-refractivity contribution in [2.75, 3.05) is 13.1 Å². The topological polar surface area (TPSA) is 52.5 Å². The molecule has 15 heavy (non-hydrogen) atoms. The molecule has 0 aromatic heterocycles. The smallest absolute Gasteiger partial charge is 0.115 e. The highest BCUT2D eigenvalue weighted by Gasteiger charge is 2.06. The van der Waals surface area contributed by atoms with Gasteiger partial charge in [0.05, 0.1) is 6.10 Å². The predicted octanol–water partition coefficient (Wildman–Crippen LogP) is 1.82. The molecule has 0 aliphatic carbocycles. The van der Waals surface area contributed by atoms with Crippen LogP contribution in [0.15, 0.2) is 24.3 Å². The van der Waals surface area contributed by atoms with Gasteiger partial charge in [0.25, 0.3) is 0 Å². The zero-order valence-corrected chi connectivity index (χ0v) is 9.11. The first-order valence-electron chi connectivity index (χ1n) is 5.41. The van der Waals surface area contributed by atoms with Crippen LogP contribution in [-0.2, 0) is 0 Å². The quantitative estimate of drug-likeness (QED) is 0.626. The van der Waals surface area contributed by atoms with Gasteiger partial charge in [-0.25, -0.2) is 0 Å². The summed E-state index contributed by atoms with van der Waals surface area (Å²) in [5, 5.41) is 22.2. The van der Waals surface area contributed by atoms with Crippen LogP contribution in [-0.4, -0.2) is 23.3 Å². The van der Waals surface area contributed by atoms with Gasteiger partial charge in [-0.1, -0.05) is 25.5 Å². The number of benzene rings is 1. The maximum atomic E-state index is 9.77. The lowest BCUT2D eigenvalue weighted by Gasteiger charge is -2.12. The predicted molar refractivity (Wildman–Crippen MR) is 60.8 cm³/mol. The van der Waals surface area contributed by atoms with Crippen molar-refractivity contribution >= 4 is 0 Å². The van der Waals surface area contributed by atoms with Crippen LogP contribution in [0.4, 0.5) is 0 Å². The molecule has 0 spiro atoms. The molecule has 0 saturated heterocycles. The molecule has 84 valence electrons. The Morgan fingerprint density at radius 2 is 2.20 bits per heavy atom. The summed E-state index contributed by atoms with van der Waals surface area (Å²) in [6, 6.07) is 6.73. The van der Waals surface area contributed by atoms with Crippen molar-refractivity contribution in [1.29, 1.82) is 0 Å². The Morgan fingerprint density at radius 1 is 1.40 bits per heavy atom. The van der Waals surface area contributed by atoms with Gasteiger partial charge in [-0.2, -0.15) is 0 Å². The molecule has 0 fully saturated rings. The van der Waals surface area contributed by atoms with Gasteiger partial charge < -0.3 is 15.5 Å². The molecule has 3 heteroatoms. The van der Waals surface area contributed by atoms with E-state index in [1.54, 1.807) is 18.2 Å². The summed E-state index contributed by atoms with van der Waals surface area (Å²) >= 11 is 0. The van der Waals surface area contributed by atoms with E-state index in [2.05, 4.69) is 12.2 Å². The Balaban J connectivity index is 2.36. The molecule has 0 aliphatic heterocycles. The van der Waals surface area contributed by atoms with E-state index in [-0.39, 0.29) is 5.75 Å². The number of nitrogens with one attached hydrogen (secondary N) is 1. The zero-order chi connectivity index (χ0) is 11.1. The number of hydrogen-bond acceptors (Lipinski definition) is 3. The molecule has 0 saturated carbocycles. The summed E-state index contributed by atoms with van der Waals surface area (Å²) in [4.78, 5) is 0. The number of hydrogen-bond donors (Lipinski definition) is 3. The van der Waals surface area contributed by atoms with Crippen molar-refractivity contribution < 1.29 is 10.2 Å². The van der Waals surface area contributed by atoms with E-state index < -0.39 is 6.10 Å². The van der Waals surface area contributed by atoms with Crippen LogP contribution in [0.3, 0.4) is 0 Å². The van der Waals surface area contributed by atoms with Gasteiger partial charge in [0.1, 0.15) is 5.75 Å². The first-order valence-corrected chi connectivity index (χ1v) is 5.41. The second-order valence-electron chi connectivity index (χ2n) is 3.67. The third-order valence-corrected chi connectivity index (χ3v) is 2.30. The van der Waals surface area contributed by atoms with Crippen molar-refractivity contribution in [3.05, 3.63) is 29.8 Å². The zero-order valence-electron chi connectivity index (χ0n) is 9.11. The van der Waals surface area contributed by atoms with Gasteiger partial charge in [0.15, 0.2) is 0 Å². The molecule has 1 aromatic rings. The molecule has 3 N–H and O–H groups in total. The molecular weight excluding hydrogens is 190 g/mol. The summed E-state index contributed by atoms with van der Waals surface area (Å²) in [5.74, 6) is 0.195. The summed E-state index contributed by atoms with van der Waals surface area (Å²) in [5.41, 5.74) is 0.749. The van der Waals surface area contributed by atoms with Crippen LogP contribution in [0.5, 0.6) is 5.75 Å². The number of unbranched alkanes of at least 4 members (excludes halogenated alkanes) is 1. The highest BCUT2D eigenvalue weighted by Crippen LogP contribution is 2.17. The summed E-state index contributed by atoms with van der Waals surface area (Å²) < 4.78 is 0. The van der Waals surface area contributed by atoms with Gasteiger partial charge in [-0.15, -0.1) is 0 Å². The van der Waals surface area contributed by atoms with Gasteiger partial charge in [0, 0.05) is 6.54 Å². The fraction of sp³-hybridized carbons (Fsp3) is 0.500. The number of aliphatic hydroxyl groups excluding tert-OH is 1. The van der Waals surface area contributed by atoms with E-state index in [0.717, 1.165) is 24.9 Å². The molecular formula is C12H19NO2. The first kappa shape index (κ1) is 12.0. The molecule has 0 aliphatic rings. The number of phenols is 1. The van der Waals surface area contributed by atoms with Crippen molar-refractivity contribution in [3.63, 3.8) is 0 Å². The number of rotatable bonds is 6. The van der Waals surface area contributed by atoms with Crippen LogP contribution < -0.4 is 5.32 Å². The van der Waals surface area contributed by atoms with E-state index in [1.807, 2.05) is 6.07 Å². The number of aromatic hydroxyl groups is 1. The van der Waals surface area contributed by atoms with Crippen LogP contribution in [0, 0.1) is 0 Å². The van der Waals surface area contributed by atoms with Crippen LogP contribution in [0.25, 0.3) is 0 Å². The standard InChI is InChI=1S/C12H19NO2/c1-2-3-7-13-9-12(15)10-5-4-6-11(14)8-10/h4-6,8,12-15H,2-3,7,9H2,1H3/t12-/m1/s1. The van der Waals surface area contributed by atoms with Crippen LogP contribution >= 0.6 is 0 Å². The normalized spacial score (nSPS) is 12.7. The second kappa shape index (κ2) is 6.43. The molecule has 0 radical (unpaired) electrons. The van der Waals surface area contributed by atoms with Crippen LogP contribution in [0.2, 0.25) is 0 Å². The minimum atomic E-state index is -0.547.